The Balaban J connectivity index is 2.69. The number of halogens is 3. The third-order valence-corrected chi connectivity index (χ3v) is 3.66. The molecule has 0 aromatic heterocycles. The second-order valence-corrected chi connectivity index (χ2v) is 4.90. The van der Waals surface area contributed by atoms with E-state index in [1.807, 2.05) is 18.9 Å². The highest BCUT2D eigenvalue weighted by Crippen LogP contribution is 2.38. The summed E-state index contributed by atoms with van der Waals surface area (Å²) in [5, 5.41) is 0. The van der Waals surface area contributed by atoms with Gasteiger partial charge in [-0.2, -0.15) is 0 Å². The molecule has 1 nitrogen and oxygen atoms in total. The zero-order chi connectivity index (χ0) is 10.1. The molecule has 1 saturated heterocycles. The topological polar surface area (TPSA) is 3.24 Å². The van der Waals surface area contributed by atoms with Crippen molar-refractivity contribution >= 4 is 22.6 Å². The van der Waals surface area contributed by atoms with Crippen LogP contribution >= 0.6 is 22.6 Å². The van der Waals surface area contributed by atoms with E-state index in [2.05, 4.69) is 22.6 Å². The molecule has 13 heavy (non-hydrogen) atoms. The van der Waals surface area contributed by atoms with Crippen molar-refractivity contribution in [2.24, 2.45) is 5.92 Å². The average Bonchev–Trinajstić information content (AvgIpc) is 2.07. The summed E-state index contributed by atoms with van der Waals surface area (Å²) in [5.41, 5.74) is 0. The summed E-state index contributed by atoms with van der Waals surface area (Å²) in [6.45, 7) is 2.43. The fourth-order valence-electron chi connectivity index (χ4n) is 1.94. The number of likely N-dealkylation sites (tertiary alicyclic amines) is 1. The first-order valence-electron chi connectivity index (χ1n) is 4.63. The van der Waals surface area contributed by atoms with E-state index in [0.29, 0.717) is 13.0 Å². The van der Waals surface area contributed by atoms with E-state index in [0.717, 1.165) is 4.43 Å². The molecule has 78 valence electrons. The zero-order valence-electron chi connectivity index (χ0n) is 8.06. The number of rotatable bonds is 2. The van der Waals surface area contributed by atoms with Gasteiger partial charge in [0.1, 0.15) is 0 Å². The Kier molecular flexibility index (Phi) is 3.92. The van der Waals surface area contributed by atoms with Crippen molar-refractivity contribution in [1.82, 2.24) is 4.90 Å². The maximum absolute atomic E-state index is 13.4. The van der Waals surface area contributed by atoms with Crippen LogP contribution in [0.25, 0.3) is 0 Å². The lowest BCUT2D eigenvalue weighted by Crippen LogP contribution is -2.51. The van der Waals surface area contributed by atoms with Crippen molar-refractivity contribution in [3.8, 4) is 0 Å². The molecule has 1 fully saturated rings. The van der Waals surface area contributed by atoms with Crippen LogP contribution < -0.4 is 0 Å². The molecule has 0 aromatic rings. The minimum absolute atomic E-state index is 0.0125. The molecule has 1 rings (SSSR count). The third-order valence-electron chi connectivity index (χ3n) is 3.04. The van der Waals surface area contributed by atoms with Crippen molar-refractivity contribution < 1.29 is 8.78 Å². The van der Waals surface area contributed by atoms with E-state index in [4.69, 9.17) is 0 Å². The monoisotopic (exact) mass is 303 g/mol. The first-order valence-corrected chi connectivity index (χ1v) is 6.15. The zero-order valence-corrected chi connectivity index (χ0v) is 10.2. The molecule has 0 radical (unpaired) electrons. The van der Waals surface area contributed by atoms with E-state index in [1.165, 1.54) is 0 Å². The number of alkyl halides is 3. The Morgan fingerprint density at radius 1 is 1.54 bits per heavy atom. The van der Waals surface area contributed by atoms with Crippen LogP contribution in [-0.2, 0) is 0 Å². The van der Waals surface area contributed by atoms with E-state index < -0.39 is 11.8 Å². The molecule has 0 aromatic carbocycles. The van der Waals surface area contributed by atoms with Crippen molar-refractivity contribution in [2.45, 2.75) is 31.7 Å². The largest absolute Gasteiger partial charge is 0.303 e. The van der Waals surface area contributed by atoms with Crippen molar-refractivity contribution in [2.75, 3.05) is 18.0 Å². The van der Waals surface area contributed by atoms with E-state index >= 15 is 0 Å². The Labute approximate surface area is 92.0 Å². The fourth-order valence-corrected chi connectivity index (χ4v) is 2.62. The van der Waals surface area contributed by atoms with Gasteiger partial charge in [-0.1, -0.05) is 22.6 Å². The highest BCUT2D eigenvalue weighted by molar-refractivity contribution is 14.1. The van der Waals surface area contributed by atoms with Gasteiger partial charge in [-0.05, 0) is 20.4 Å². The number of hydrogen-bond donors (Lipinski definition) is 0. The number of hydrogen-bond acceptors (Lipinski definition) is 1. The van der Waals surface area contributed by atoms with Crippen molar-refractivity contribution in [1.29, 1.82) is 0 Å². The molecule has 0 amide bonds. The molecule has 0 N–H and O–H groups in total. The molecule has 2 unspecified atom stereocenters. The lowest BCUT2D eigenvalue weighted by atomic mass is 9.85. The van der Waals surface area contributed by atoms with Gasteiger partial charge in [0.25, 0.3) is 5.92 Å². The van der Waals surface area contributed by atoms with Crippen molar-refractivity contribution in [3.63, 3.8) is 0 Å². The first kappa shape index (κ1) is 11.6. The first-order chi connectivity index (χ1) is 5.99. The van der Waals surface area contributed by atoms with Gasteiger partial charge in [0.05, 0.1) is 0 Å². The lowest BCUT2D eigenvalue weighted by molar-refractivity contribution is -0.123. The summed E-state index contributed by atoms with van der Waals surface area (Å²) >= 11 is 2.17. The van der Waals surface area contributed by atoms with Gasteiger partial charge in [-0.3, -0.25) is 0 Å². The SMILES string of the molecule is CC1C(CCI)C(F)(F)CCN1C. The maximum Gasteiger partial charge on any atom is 0.253 e. The summed E-state index contributed by atoms with van der Waals surface area (Å²) in [6.07, 6.45) is 0.647. The molecule has 0 spiro atoms. The molecule has 0 saturated carbocycles. The standard InChI is InChI=1S/C9H16F2IN/c1-7-8(3-5-12)9(10,11)4-6-13(7)2/h7-8H,3-6H2,1-2H3. The summed E-state index contributed by atoms with van der Waals surface area (Å²) < 4.78 is 27.7. The van der Waals surface area contributed by atoms with Crippen LogP contribution in [0.2, 0.25) is 0 Å². The third kappa shape index (κ3) is 2.52. The van der Waals surface area contributed by atoms with Crippen LogP contribution in [-0.4, -0.2) is 34.9 Å². The summed E-state index contributed by atoms with van der Waals surface area (Å²) in [7, 11) is 1.93. The minimum Gasteiger partial charge on any atom is -0.303 e. The summed E-state index contributed by atoms with van der Waals surface area (Å²) in [5.74, 6) is -2.90. The predicted octanol–water partition coefficient (Wildman–Crippen LogP) is 2.79. The van der Waals surface area contributed by atoms with Crippen LogP contribution in [0.5, 0.6) is 0 Å². The Bertz CT molecular complexity index is 175. The molecule has 1 heterocycles. The Hall–Kier alpha value is 0.550. The van der Waals surface area contributed by atoms with Crippen LogP contribution in [0.3, 0.4) is 0 Å². The van der Waals surface area contributed by atoms with Gasteiger partial charge >= 0.3 is 0 Å². The number of nitrogens with zero attached hydrogens (tertiary/aromatic N) is 1. The van der Waals surface area contributed by atoms with Crippen LogP contribution in [0.15, 0.2) is 0 Å². The van der Waals surface area contributed by atoms with Crippen LogP contribution in [0.1, 0.15) is 19.8 Å². The Morgan fingerprint density at radius 3 is 2.69 bits per heavy atom. The molecule has 0 bridgehead atoms. The van der Waals surface area contributed by atoms with Gasteiger partial charge < -0.3 is 4.90 Å². The molecular formula is C9H16F2IN. The second kappa shape index (κ2) is 4.38. The molecule has 2 atom stereocenters. The molecule has 0 aliphatic carbocycles. The van der Waals surface area contributed by atoms with E-state index in [-0.39, 0.29) is 12.5 Å². The molecular weight excluding hydrogens is 287 g/mol. The minimum atomic E-state index is -2.45. The maximum atomic E-state index is 13.4. The highest BCUT2D eigenvalue weighted by atomic mass is 127. The normalized spacial score (nSPS) is 34.8. The fraction of sp³-hybridized carbons (Fsp3) is 1.00. The van der Waals surface area contributed by atoms with E-state index in [1.54, 1.807) is 0 Å². The second-order valence-electron chi connectivity index (χ2n) is 3.82. The Morgan fingerprint density at radius 2 is 2.15 bits per heavy atom. The van der Waals surface area contributed by atoms with E-state index in [9.17, 15) is 8.78 Å². The smallest absolute Gasteiger partial charge is 0.253 e. The molecule has 1 aliphatic heterocycles. The van der Waals surface area contributed by atoms with Gasteiger partial charge in [0.15, 0.2) is 0 Å². The highest BCUT2D eigenvalue weighted by Gasteiger charge is 2.46. The van der Waals surface area contributed by atoms with Gasteiger partial charge in [0.2, 0.25) is 0 Å². The van der Waals surface area contributed by atoms with Crippen LogP contribution in [0, 0.1) is 5.92 Å². The average molecular weight is 303 g/mol. The van der Waals surface area contributed by atoms with Crippen molar-refractivity contribution in [3.05, 3.63) is 0 Å². The van der Waals surface area contributed by atoms with Crippen LogP contribution in [0.4, 0.5) is 8.78 Å². The quantitative estimate of drug-likeness (QED) is 0.560. The van der Waals surface area contributed by atoms with Gasteiger partial charge in [-0.25, -0.2) is 8.78 Å². The molecule has 4 heteroatoms. The summed E-state index contributed by atoms with van der Waals surface area (Å²) in [6, 6.07) is 0.0125. The summed E-state index contributed by atoms with van der Waals surface area (Å²) in [4.78, 5) is 2.04. The molecule has 1 aliphatic rings. The number of piperidine rings is 1. The van der Waals surface area contributed by atoms with Gasteiger partial charge in [0, 0.05) is 29.4 Å². The lowest BCUT2D eigenvalue weighted by Gasteiger charge is -2.42. The van der Waals surface area contributed by atoms with Gasteiger partial charge in [-0.15, -0.1) is 0 Å². The predicted molar refractivity (Wildman–Crippen MR) is 58.7 cm³/mol.